The number of aryl methyl sites for hydroxylation is 1. The van der Waals surface area contributed by atoms with Gasteiger partial charge in [-0.25, -0.2) is 0 Å². The number of para-hydroxylation sites is 2. The highest BCUT2D eigenvalue weighted by atomic mass is 16.5. The summed E-state index contributed by atoms with van der Waals surface area (Å²) < 4.78 is 6.43. The van der Waals surface area contributed by atoms with Crippen molar-refractivity contribution in [2.45, 2.75) is 6.92 Å². The van der Waals surface area contributed by atoms with Crippen molar-refractivity contribution in [3.05, 3.63) is 121 Å². The smallest absolute Gasteiger partial charge is 0.256 e. The van der Waals surface area contributed by atoms with E-state index < -0.39 is 0 Å². The molecule has 0 aliphatic carbocycles. The van der Waals surface area contributed by atoms with Gasteiger partial charge in [0, 0.05) is 17.1 Å². The maximum absolute atomic E-state index is 6.43. The van der Waals surface area contributed by atoms with Gasteiger partial charge in [0.15, 0.2) is 0 Å². The van der Waals surface area contributed by atoms with Crippen LogP contribution < -0.4 is 26.0 Å². The first kappa shape index (κ1) is 19.3. The van der Waals surface area contributed by atoms with E-state index in [4.69, 9.17) is 4.74 Å². The second-order valence-electron chi connectivity index (χ2n) is 9.02. The maximum atomic E-state index is 6.43. The number of nitrogens with zero attached hydrogens (tertiary/aromatic N) is 1. The van der Waals surface area contributed by atoms with Crippen molar-refractivity contribution >= 4 is 40.2 Å². The number of rotatable bonds is 2. The van der Waals surface area contributed by atoms with E-state index in [2.05, 4.69) is 127 Å². The van der Waals surface area contributed by atoms with Crippen LogP contribution in [-0.4, -0.2) is 6.71 Å². The second kappa shape index (κ2) is 7.39. The summed E-state index contributed by atoms with van der Waals surface area (Å²) in [5.74, 6) is 1.89. The van der Waals surface area contributed by atoms with Crippen molar-refractivity contribution in [2.24, 2.45) is 0 Å². The van der Waals surface area contributed by atoms with Crippen LogP contribution in [0.1, 0.15) is 5.56 Å². The Kier molecular flexibility index (Phi) is 4.19. The molecule has 0 bridgehead atoms. The molecule has 0 unspecified atom stereocenters. The third-order valence-electron chi connectivity index (χ3n) is 7.04. The van der Waals surface area contributed by atoms with Crippen LogP contribution in [0, 0.1) is 6.92 Å². The minimum atomic E-state index is 0.135. The van der Waals surface area contributed by atoms with E-state index in [1.54, 1.807) is 0 Å². The van der Waals surface area contributed by atoms with Gasteiger partial charge in [0.1, 0.15) is 11.5 Å². The van der Waals surface area contributed by atoms with Gasteiger partial charge in [-0.15, -0.1) is 0 Å². The Balaban J connectivity index is 1.58. The molecule has 0 saturated carbocycles. The van der Waals surface area contributed by atoms with E-state index >= 15 is 0 Å². The van der Waals surface area contributed by atoms with E-state index in [1.807, 2.05) is 0 Å². The molecule has 2 nitrogen and oxygen atoms in total. The standard InChI is InChI=1S/C31H22BNO/c1-21-19-23(22-11-4-2-5-12-22)20-27-30(21)32-25-15-8-9-17-28(25)34-29-18-10-16-26(31(29)32)33(27)24-13-6-3-7-14-24/h2-20H,1H3. The van der Waals surface area contributed by atoms with E-state index in [0.717, 1.165) is 17.2 Å². The summed E-state index contributed by atoms with van der Waals surface area (Å²) in [4.78, 5) is 2.40. The lowest BCUT2D eigenvalue weighted by atomic mass is 9.33. The molecule has 0 amide bonds. The fourth-order valence-corrected chi connectivity index (χ4v) is 5.61. The maximum Gasteiger partial charge on any atom is 0.256 e. The summed E-state index contributed by atoms with van der Waals surface area (Å²) in [5, 5.41) is 0. The van der Waals surface area contributed by atoms with Crippen molar-refractivity contribution in [1.29, 1.82) is 0 Å². The van der Waals surface area contributed by atoms with Crippen molar-refractivity contribution in [3.8, 4) is 22.6 Å². The minimum Gasteiger partial charge on any atom is -0.458 e. The van der Waals surface area contributed by atoms with Gasteiger partial charge < -0.3 is 9.64 Å². The van der Waals surface area contributed by atoms with E-state index in [9.17, 15) is 0 Å². The van der Waals surface area contributed by atoms with Crippen LogP contribution in [0.25, 0.3) is 11.1 Å². The van der Waals surface area contributed by atoms with Gasteiger partial charge in [-0.1, -0.05) is 84.4 Å². The van der Waals surface area contributed by atoms with Gasteiger partial charge in [0.2, 0.25) is 0 Å². The predicted octanol–water partition coefficient (Wildman–Crippen LogP) is 6.07. The first-order valence-electron chi connectivity index (χ1n) is 11.7. The first-order valence-corrected chi connectivity index (χ1v) is 11.7. The van der Waals surface area contributed by atoms with Gasteiger partial charge in [-0.05, 0) is 70.8 Å². The summed E-state index contributed by atoms with van der Waals surface area (Å²) >= 11 is 0. The predicted molar refractivity (Wildman–Crippen MR) is 142 cm³/mol. The number of fused-ring (bicyclic) bond motifs is 4. The molecule has 5 aromatic rings. The molecule has 3 heteroatoms. The van der Waals surface area contributed by atoms with Crippen molar-refractivity contribution in [3.63, 3.8) is 0 Å². The largest absolute Gasteiger partial charge is 0.458 e. The molecule has 0 spiro atoms. The summed E-state index contributed by atoms with van der Waals surface area (Å²) in [6.07, 6.45) is 0. The Morgan fingerprint density at radius 2 is 1.29 bits per heavy atom. The van der Waals surface area contributed by atoms with Crippen LogP contribution in [0.5, 0.6) is 11.5 Å². The molecule has 2 heterocycles. The molecule has 2 aliphatic rings. The van der Waals surface area contributed by atoms with E-state index in [0.29, 0.717) is 0 Å². The molecule has 0 atom stereocenters. The van der Waals surface area contributed by atoms with Crippen molar-refractivity contribution in [2.75, 3.05) is 4.90 Å². The fourth-order valence-electron chi connectivity index (χ4n) is 5.61. The van der Waals surface area contributed by atoms with Gasteiger partial charge in [-0.2, -0.15) is 0 Å². The van der Waals surface area contributed by atoms with Gasteiger partial charge in [0.05, 0.1) is 0 Å². The second-order valence-corrected chi connectivity index (χ2v) is 9.02. The lowest BCUT2D eigenvalue weighted by Gasteiger charge is -2.41. The van der Waals surface area contributed by atoms with Gasteiger partial charge in [-0.3, -0.25) is 0 Å². The topological polar surface area (TPSA) is 12.5 Å². The van der Waals surface area contributed by atoms with Crippen LogP contribution in [0.3, 0.4) is 0 Å². The zero-order chi connectivity index (χ0) is 22.6. The van der Waals surface area contributed by atoms with Crippen LogP contribution in [0.4, 0.5) is 17.1 Å². The first-order chi connectivity index (χ1) is 16.8. The number of anilines is 3. The highest BCUT2D eigenvalue weighted by Crippen LogP contribution is 2.42. The van der Waals surface area contributed by atoms with Crippen LogP contribution in [0.15, 0.2) is 115 Å². The zero-order valence-corrected chi connectivity index (χ0v) is 18.9. The molecule has 2 aliphatic heterocycles. The summed E-state index contributed by atoms with van der Waals surface area (Å²) in [6.45, 7) is 2.39. The lowest BCUT2D eigenvalue weighted by molar-refractivity contribution is 0.487. The third kappa shape index (κ3) is 2.77. The van der Waals surface area contributed by atoms with Crippen LogP contribution >= 0.6 is 0 Å². The Hall–Kier alpha value is -4.24. The van der Waals surface area contributed by atoms with Crippen LogP contribution in [0.2, 0.25) is 0 Å². The Morgan fingerprint density at radius 3 is 2.12 bits per heavy atom. The number of hydrogen-bond donors (Lipinski definition) is 0. The highest BCUT2D eigenvalue weighted by Gasteiger charge is 2.42. The Bertz CT molecular complexity index is 1550. The highest BCUT2D eigenvalue weighted by molar-refractivity contribution is 6.99. The number of hydrogen-bond acceptors (Lipinski definition) is 2. The molecular formula is C31H22BNO. The van der Waals surface area contributed by atoms with Crippen molar-refractivity contribution < 1.29 is 4.74 Å². The summed E-state index contributed by atoms with van der Waals surface area (Å²) in [7, 11) is 0. The monoisotopic (exact) mass is 435 g/mol. The molecule has 7 rings (SSSR count). The zero-order valence-electron chi connectivity index (χ0n) is 18.9. The molecular weight excluding hydrogens is 413 g/mol. The Labute approximate surface area is 200 Å². The van der Waals surface area contributed by atoms with Crippen LogP contribution in [-0.2, 0) is 0 Å². The van der Waals surface area contributed by atoms with Gasteiger partial charge in [0.25, 0.3) is 6.71 Å². The molecule has 0 N–H and O–H groups in total. The summed E-state index contributed by atoms with van der Waals surface area (Å²) in [5.41, 5.74) is 11.1. The SMILES string of the molecule is Cc1cc(-c2ccccc2)cc2c1B1c3ccccc3Oc3cccc(c31)N2c1ccccc1. The molecule has 0 radical (unpaired) electrons. The average molecular weight is 435 g/mol. The molecule has 0 aromatic heterocycles. The number of ether oxygens (including phenoxy) is 1. The molecule has 5 aromatic carbocycles. The molecule has 160 valence electrons. The quantitative estimate of drug-likeness (QED) is 0.306. The van der Waals surface area contributed by atoms with E-state index in [-0.39, 0.29) is 6.71 Å². The van der Waals surface area contributed by atoms with Crippen molar-refractivity contribution in [1.82, 2.24) is 0 Å². The normalized spacial score (nSPS) is 13.0. The molecule has 0 fully saturated rings. The summed E-state index contributed by atoms with van der Waals surface area (Å²) in [6, 6.07) is 40.9. The Morgan fingerprint density at radius 1 is 0.588 bits per heavy atom. The fraction of sp³-hybridized carbons (Fsp3) is 0.0323. The average Bonchev–Trinajstić information content (AvgIpc) is 2.89. The molecule has 34 heavy (non-hydrogen) atoms. The minimum absolute atomic E-state index is 0.135. The lowest BCUT2D eigenvalue weighted by Crippen LogP contribution is -2.60. The molecule has 0 saturated heterocycles. The third-order valence-corrected chi connectivity index (χ3v) is 7.04. The van der Waals surface area contributed by atoms with Gasteiger partial charge >= 0.3 is 0 Å². The number of benzene rings is 5. The van der Waals surface area contributed by atoms with E-state index in [1.165, 1.54) is 44.5 Å².